The van der Waals surface area contributed by atoms with Gasteiger partial charge in [-0.25, -0.2) is 0 Å². The summed E-state index contributed by atoms with van der Waals surface area (Å²) in [7, 11) is 1.85. The summed E-state index contributed by atoms with van der Waals surface area (Å²) in [6.07, 6.45) is 7.08. The number of guanidine groups is 1. The maximum Gasteiger partial charge on any atom is 0.251 e. The van der Waals surface area contributed by atoms with Crippen molar-refractivity contribution in [1.29, 1.82) is 0 Å². The van der Waals surface area contributed by atoms with E-state index >= 15 is 0 Å². The van der Waals surface area contributed by atoms with Gasteiger partial charge in [0.25, 0.3) is 5.91 Å². The van der Waals surface area contributed by atoms with Gasteiger partial charge >= 0.3 is 0 Å². The van der Waals surface area contributed by atoms with Gasteiger partial charge in [0.15, 0.2) is 5.96 Å². The van der Waals surface area contributed by atoms with Gasteiger partial charge in [-0.2, -0.15) is 0 Å². The summed E-state index contributed by atoms with van der Waals surface area (Å²) in [5.74, 6) is 1.13. The number of hydrogen-bond acceptors (Lipinski definition) is 4. The number of hydrogen-bond donors (Lipinski definition) is 1. The summed E-state index contributed by atoms with van der Waals surface area (Å²) in [5, 5.41) is 3.51. The number of amides is 1. The van der Waals surface area contributed by atoms with Crippen LogP contribution in [0.15, 0.2) is 4.99 Å². The van der Waals surface area contributed by atoms with E-state index in [0.717, 1.165) is 64.7 Å². The zero-order valence-corrected chi connectivity index (χ0v) is 19.0. The summed E-state index contributed by atoms with van der Waals surface area (Å²) in [5.41, 5.74) is 0. The number of nitrogens with one attached hydrogen (secondary N) is 1. The average molecular weight is 493 g/mol. The highest BCUT2D eigenvalue weighted by Crippen LogP contribution is 2.16. The number of rotatable bonds is 4. The van der Waals surface area contributed by atoms with Crippen molar-refractivity contribution >= 4 is 35.8 Å². The second kappa shape index (κ2) is 12.1. The fourth-order valence-electron chi connectivity index (χ4n) is 4.13. The number of piperazine rings is 1. The number of likely N-dealkylation sites (tertiary alicyclic amines) is 1. The number of aliphatic imine (C=N–C) groups is 1. The minimum atomic E-state index is -0.201. The summed E-state index contributed by atoms with van der Waals surface area (Å²) < 4.78 is 5.54. The first kappa shape index (κ1) is 22.7. The molecule has 3 rings (SSSR count). The fourth-order valence-corrected chi connectivity index (χ4v) is 4.13. The molecule has 0 aliphatic carbocycles. The summed E-state index contributed by atoms with van der Waals surface area (Å²) in [6.45, 7) is 8.37. The topological polar surface area (TPSA) is 60.4 Å². The van der Waals surface area contributed by atoms with Crippen LogP contribution < -0.4 is 5.32 Å². The van der Waals surface area contributed by atoms with Crippen LogP contribution in [0.1, 0.15) is 38.5 Å². The van der Waals surface area contributed by atoms with Crippen LogP contribution >= 0.6 is 24.0 Å². The van der Waals surface area contributed by atoms with E-state index in [-0.39, 0.29) is 36.0 Å². The van der Waals surface area contributed by atoms with E-state index in [2.05, 4.69) is 20.1 Å². The van der Waals surface area contributed by atoms with Crippen LogP contribution in [0.5, 0.6) is 0 Å². The largest absolute Gasteiger partial charge is 0.368 e. The van der Waals surface area contributed by atoms with Crippen LogP contribution in [-0.2, 0) is 9.53 Å². The number of halogens is 1. The molecule has 27 heavy (non-hydrogen) atoms. The lowest BCUT2D eigenvalue weighted by Gasteiger charge is -2.37. The SMILES string of the molecule is CN=C(NCCN1CCCCCC1)N1CCN(C(=O)C2CCCO2)CC1.I. The third-order valence-corrected chi connectivity index (χ3v) is 5.72. The van der Waals surface area contributed by atoms with E-state index in [1.807, 2.05) is 11.9 Å². The molecule has 8 heteroatoms. The molecular formula is C19H36IN5O2. The first-order valence-electron chi connectivity index (χ1n) is 10.4. The van der Waals surface area contributed by atoms with E-state index in [1.165, 1.54) is 38.8 Å². The van der Waals surface area contributed by atoms with Crippen LogP contribution in [0.25, 0.3) is 0 Å². The molecule has 3 saturated heterocycles. The lowest BCUT2D eigenvalue weighted by Crippen LogP contribution is -2.55. The predicted molar refractivity (Wildman–Crippen MR) is 119 cm³/mol. The molecule has 0 aromatic carbocycles. The monoisotopic (exact) mass is 493 g/mol. The Labute approximate surface area is 180 Å². The maximum absolute atomic E-state index is 12.5. The van der Waals surface area contributed by atoms with Crippen molar-refractivity contribution in [2.24, 2.45) is 4.99 Å². The zero-order chi connectivity index (χ0) is 18.2. The van der Waals surface area contributed by atoms with Crippen LogP contribution in [0.4, 0.5) is 0 Å². The maximum atomic E-state index is 12.5. The van der Waals surface area contributed by atoms with Gasteiger partial charge in [-0.15, -0.1) is 24.0 Å². The second-order valence-electron chi connectivity index (χ2n) is 7.54. The Morgan fingerprint density at radius 1 is 1.00 bits per heavy atom. The van der Waals surface area contributed by atoms with Gasteiger partial charge in [0, 0.05) is 52.9 Å². The summed E-state index contributed by atoms with van der Waals surface area (Å²) >= 11 is 0. The van der Waals surface area contributed by atoms with E-state index in [0.29, 0.717) is 0 Å². The van der Waals surface area contributed by atoms with Crippen molar-refractivity contribution in [3.05, 3.63) is 0 Å². The molecule has 0 bridgehead atoms. The molecule has 1 unspecified atom stereocenters. The Kier molecular flexibility index (Phi) is 10.1. The number of carbonyl (C=O) groups excluding carboxylic acids is 1. The molecule has 3 fully saturated rings. The van der Waals surface area contributed by atoms with Gasteiger partial charge in [-0.1, -0.05) is 12.8 Å². The van der Waals surface area contributed by atoms with Gasteiger partial charge in [0.1, 0.15) is 6.10 Å². The Morgan fingerprint density at radius 2 is 1.67 bits per heavy atom. The second-order valence-corrected chi connectivity index (χ2v) is 7.54. The molecule has 1 amide bonds. The quantitative estimate of drug-likeness (QED) is 0.365. The Bertz CT molecular complexity index is 469. The smallest absolute Gasteiger partial charge is 0.251 e. The van der Waals surface area contributed by atoms with E-state index in [9.17, 15) is 4.79 Å². The lowest BCUT2D eigenvalue weighted by atomic mass is 10.2. The highest BCUT2D eigenvalue weighted by atomic mass is 127. The molecule has 0 aromatic heterocycles. The highest BCUT2D eigenvalue weighted by molar-refractivity contribution is 14.0. The molecule has 3 aliphatic heterocycles. The Hall–Kier alpha value is -0.610. The van der Waals surface area contributed by atoms with Crippen molar-refractivity contribution in [2.45, 2.75) is 44.6 Å². The molecule has 0 saturated carbocycles. The zero-order valence-electron chi connectivity index (χ0n) is 16.7. The van der Waals surface area contributed by atoms with Gasteiger partial charge < -0.3 is 24.8 Å². The minimum Gasteiger partial charge on any atom is -0.368 e. The molecule has 3 aliphatic rings. The normalized spacial score (nSPS) is 25.1. The molecule has 1 N–H and O–H groups in total. The highest BCUT2D eigenvalue weighted by Gasteiger charge is 2.30. The lowest BCUT2D eigenvalue weighted by molar-refractivity contribution is -0.142. The van der Waals surface area contributed by atoms with E-state index in [4.69, 9.17) is 4.74 Å². The molecule has 0 aromatic rings. The first-order chi connectivity index (χ1) is 12.8. The minimum absolute atomic E-state index is 0. The van der Waals surface area contributed by atoms with Gasteiger partial charge in [-0.05, 0) is 38.8 Å². The summed E-state index contributed by atoms with van der Waals surface area (Å²) in [4.78, 5) is 23.7. The van der Waals surface area contributed by atoms with Crippen LogP contribution in [0.3, 0.4) is 0 Å². The Morgan fingerprint density at radius 3 is 2.26 bits per heavy atom. The Balaban J connectivity index is 0.00000261. The van der Waals surface area contributed by atoms with Crippen LogP contribution in [-0.4, -0.2) is 98.7 Å². The van der Waals surface area contributed by atoms with E-state index < -0.39 is 0 Å². The number of ether oxygens (including phenoxy) is 1. The fraction of sp³-hybridized carbons (Fsp3) is 0.895. The number of nitrogens with zero attached hydrogens (tertiary/aromatic N) is 4. The van der Waals surface area contributed by atoms with Crippen LogP contribution in [0, 0.1) is 0 Å². The van der Waals surface area contributed by atoms with Gasteiger partial charge in [0.05, 0.1) is 0 Å². The molecule has 3 heterocycles. The molecule has 156 valence electrons. The first-order valence-corrected chi connectivity index (χ1v) is 10.4. The average Bonchev–Trinajstić information content (AvgIpc) is 3.09. The summed E-state index contributed by atoms with van der Waals surface area (Å²) in [6, 6.07) is 0. The third-order valence-electron chi connectivity index (χ3n) is 5.72. The van der Waals surface area contributed by atoms with Crippen LogP contribution in [0.2, 0.25) is 0 Å². The van der Waals surface area contributed by atoms with Gasteiger partial charge in [0.2, 0.25) is 0 Å². The van der Waals surface area contributed by atoms with Gasteiger partial charge in [-0.3, -0.25) is 9.79 Å². The molecule has 0 spiro atoms. The predicted octanol–water partition coefficient (Wildman–Crippen LogP) is 1.38. The van der Waals surface area contributed by atoms with Crippen molar-refractivity contribution in [2.75, 3.05) is 66.0 Å². The van der Waals surface area contributed by atoms with Crippen molar-refractivity contribution in [1.82, 2.24) is 20.0 Å². The molecule has 0 radical (unpaired) electrons. The standard InChI is InChI=1S/C19H35N5O2.HI/c1-20-19(21-8-11-22-9-4-2-3-5-10-22)24-14-12-23(13-15-24)18(25)17-7-6-16-26-17;/h17H,2-16H2,1H3,(H,20,21);1H. The van der Waals surface area contributed by atoms with Crippen molar-refractivity contribution in [3.63, 3.8) is 0 Å². The van der Waals surface area contributed by atoms with E-state index in [1.54, 1.807) is 0 Å². The third kappa shape index (κ3) is 6.74. The molecular weight excluding hydrogens is 457 g/mol. The molecule has 7 nitrogen and oxygen atoms in total. The molecule has 1 atom stereocenters. The van der Waals surface area contributed by atoms with Crippen molar-refractivity contribution in [3.8, 4) is 0 Å². The van der Waals surface area contributed by atoms with Crippen molar-refractivity contribution < 1.29 is 9.53 Å². The number of carbonyl (C=O) groups is 1.